The van der Waals surface area contributed by atoms with Crippen LogP contribution in [0.5, 0.6) is 0 Å². The Balaban J connectivity index is 1.97. The van der Waals surface area contributed by atoms with E-state index in [9.17, 15) is 0 Å². The van der Waals surface area contributed by atoms with Crippen LogP contribution in [0.2, 0.25) is 0 Å². The van der Waals surface area contributed by atoms with Crippen molar-refractivity contribution in [3.8, 4) is 11.3 Å². The quantitative estimate of drug-likeness (QED) is 0.771. The number of nitrogens with zero attached hydrogens (tertiary/aromatic N) is 1. The highest BCUT2D eigenvalue weighted by Crippen LogP contribution is 2.27. The molecule has 0 saturated carbocycles. The molecule has 1 heterocycles. The molecule has 0 aliphatic heterocycles. The van der Waals surface area contributed by atoms with Gasteiger partial charge in [-0.2, -0.15) is 0 Å². The number of hydrogen-bond acceptors (Lipinski definition) is 4. The number of benzene rings is 1. The number of thiazole rings is 1. The van der Waals surface area contributed by atoms with Gasteiger partial charge in [-0.25, -0.2) is 4.98 Å². The molecule has 2 N–H and O–H groups in total. The first-order valence-electron chi connectivity index (χ1n) is 7.05. The van der Waals surface area contributed by atoms with Gasteiger partial charge in [0, 0.05) is 30.0 Å². The first-order valence-corrected chi connectivity index (χ1v) is 7.87. The first kappa shape index (κ1) is 15.2. The predicted octanol–water partition coefficient (Wildman–Crippen LogP) is 2.94. The van der Waals surface area contributed by atoms with E-state index in [1.165, 1.54) is 21.0 Å². The molecule has 1 aromatic carbocycles. The summed E-state index contributed by atoms with van der Waals surface area (Å²) in [6, 6.07) is 8.54. The Hall–Kier alpha value is -1.23. The van der Waals surface area contributed by atoms with Crippen LogP contribution in [0.1, 0.15) is 21.9 Å². The van der Waals surface area contributed by atoms with Crippen LogP contribution in [0.25, 0.3) is 11.3 Å². The lowest BCUT2D eigenvalue weighted by Crippen LogP contribution is -2.19. The zero-order valence-corrected chi connectivity index (χ0v) is 13.0. The second kappa shape index (κ2) is 7.53. The summed E-state index contributed by atoms with van der Waals surface area (Å²) in [5.74, 6) is 0. The van der Waals surface area contributed by atoms with Crippen molar-refractivity contribution in [2.45, 2.75) is 26.7 Å². The van der Waals surface area contributed by atoms with Gasteiger partial charge in [0.15, 0.2) is 0 Å². The highest BCUT2D eigenvalue weighted by atomic mass is 32.1. The number of aromatic nitrogens is 1. The smallest absolute Gasteiger partial charge is 0.0948 e. The van der Waals surface area contributed by atoms with Crippen molar-refractivity contribution < 1.29 is 5.11 Å². The molecule has 4 heteroatoms. The fraction of sp³-hybridized carbons (Fsp3) is 0.438. The zero-order chi connectivity index (χ0) is 14.4. The Labute approximate surface area is 124 Å². The van der Waals surface area contributed by atoms with Crippen molar-refractivity contribution in [3.05, 3.63) is 39.7 Å². The van der Waals surface area contributed by atoms with E-state index in [2.05, 4.69) is 43.4 Å². The number of nitrogens with one attached hydrogen (secondary N) is 1. The Bertz CT molecular complexity index is 534. The van der Waals surface area contributed by atoms with Crippen LogP contribution in [0.4, 0.5) is 0 Å². The van der Waals surface area contributed by atoms with E-state index in [1.807, 2.05) is 0 Å². The van der Waals surface area contributed by atoms with Crippen LogP contribution >= 0.6 is 11.3 Å². The van der Waals surface area contributed by atoms with Crippen LogP contribution in [0.15, 0.2) is 24.3 Å². The molecule has 3 nitrogen and oxygen atoms in total. The van der Waals surface area contributed by atoms with Crippen molar-refractivity contribution in [2.75, 3.05) is 19.7 Å². The average Bonchev–Trinajstić information content (AvgIpc) is 2.81. The number of hydrogen-bond donors (Lipinski definition) is 2. The van der Waals surface area contributed by atoms with Gasteiger partial charge >= 0.3 is 0 Å². The van der Waals surface area contributed by atoms with E-state index in [-0.39, 0.29) is 6.61 Å². The summed E-state index contributed by atoms with van der Waals surface area (Å²) < 4.78 is 0. The van der Waals surface area contributed by atoms with Gasteiger partial charge in [0.1, 0.15) is 0 Å². The third-order valence-electron chi connectivity index (χ3n) is 3.19. The highest BCUT2D eigenvalue weighted by Gasteiger charge is 2.09. The second-order valence-corrected chi connectivity index (χ2v) is 6.24. The number of aryl methyl sites for hydroxylation is 2. The molecule has 0 radical (unpaired) electrons. The molecule has 0 saturated heterocycles. The largest absolute Gasteiger partial charge is 0.396 e. The van der Waals surface area contributed by atoms with Gasteiger partial charge in [0.25, 0.3) is 0 Å². The fourth-order valence-corrected chi connectivity index (χ4v) is 3.02. The number of rotatable bonds is 7. The maximum Gasteiger partial charge on any atom is 0.0948 e. The second-order valence-electron chi connectivity index (χ2n) is 4.96. The van der Waals surface area contributed by atoms with Gasteiger partial charge in [0.2, 0.25) is 0 Å². The molecule has 0 aliphatic carbocycles. The van der Waals surface area contributed by atoms with E-state index in [4.69, 9.17) is 10.1 Å². The summed E-state index contributed by atoms with van der Waals surface area (Å²) >= 11 is 1.78. The number of aliphatic hydroxyl groups is 1. The summed E-state index contributed by atoms with van der Waals surface area (Å²) in [6.07, 6.45) is 1.76. The molecule has 2 aromatic rings. The van der Waals surface area contributed by atoms with Crippen molar-refractivity contribution in [2.24, 2.45) is 0 Å². The molecule has 1 aromatic heterocycles. The lowest BCUT2D eigenvalue weighted by Gasteiger charge is -2.01. The summed E-state index contributed by atoms with van der Waals surface area (Å²) in [5, 5.41) is 13.2. The lowest BCUT2D eigenvalue weighted by atomic mass is 10.1. The minimum absolute atomic E-state index is 0.251. The molecular formula is C16H22N2OS. The minimum Gasteiger partial charge on any atom is -0.396 e. The summed E-state index contributed by atoms with van der Waals surface area (Å²) in [4.78, 5) is 6.03. The fourth-order valence-electron chi connectivity index (χ4n) is 2.06. The van der Waals surface area contributed by atoms with E-state index >= 15 is 0 Å². The third-order valence-corrected chi connectivity index (χ3v) is 4.22. The minimum atomic E-state index is 0.251. The van der Waals surface area contributed by atoms with Crippen LogP contribution in [-0.2, 0) is 6.42 Å². The molecule has 0 spiro atoms. The van der Waals surface area contributed by atoms with Gasteiger partial charge < -0.3 is 10.4 Å². The van der Waals surface area contributed by atoms with Crippen LogP contribution in [-0.4, -0.2) is 29.8 Å². The van der Waals surface area contributed by atoms with E-state index < -0.39 is 0 Å². The lowest BCUT2D eigenvalue weighted by molar-refractivity contribution is 0.286. The topological polar surface area (TPSA) is 45.2 Å². The van der Waals surface area contributed by atoms with Gasteiger partial charge in [0.05, 0.1) is 10.7 Å². The Morgan fingerprint density at radius 2 is 1.90 bits per heavy atom. The molecule has 0 atom stereocenters. The molecule has 0 fully saturated rings. The molecule has 0 amide bonds. The standard InChI is InChI=1S/C16H22N2OS/c1-12-4-6-14(7-5-12)16-13(2)20-15(18-16)8-10-17-9-3-11-19/h4-7,17,19H,3,8-11H2,1-2H3. The van der Waals surface area contributed by atoms with Gasteiger partial charge in [-0.1, -0.05) is 29.8 Å². The molecule has 20 heavy (non-hydrogen) atoms. The SMILES string of the molecule is Cc1ccc(-c2nc(CCNCCCO)sc2C)cc1. The predicted molar refractivity (Wildman–Crippen MR) is 85.3 cm³/mol. The highest BCUT2D eigenvalue weighted by molar-refractivity contribution is 7.12. The van der Waals surface area contributed by atoms with Crippen molar-refractivity contribution in [1.29, 1.82) is 0 Å². The van der Waals surface area contributed by atoms with Gasteiger partial charge in [-0.05, 0) is 26.8 Å². The normalized spacial score (nSPS) is 10.9. The summed E-state index contributed by atoms with van der Waals surface area (Å²) in [6.45, 7) is 6.27. The molecule has 0 unspecified atom stereocenters. The maximum absolute atomic E-state index is 8.72. The molecular weight excluding hydrogens is 268 g/mol. The maximum atomic E-state index is 8.72. The van der Waals surface area contributed by atoms with Gasteiger partial charge in [-0.3, -0.25) is 0 Å². The zero-order valence-electron chi connectivity index (χ0n) is 12.1. The van der Waals surface area contributed by atoms with Crippen molar-refractivity contribution in [1.82, 2.24) is 10.3 Å². The van der Waals surface area contributed by atoms with Crippen molar-refractivity contribution >= 4 is 11.3 Å². The van der Waals surface area contributed by atoms with E-state index in [1.54, 1.807) is 11.3 Å². The van der Waals surface area contributed by atoms with Gasteiger partial charge in [-0.15, -0.1) is 11.3 Å². The Morgan fingerprint density at radius 1 is 1.15 bits per heavy atom. The average molecular weight is 290 g/mol. The van der Waals surface area contributed by atoms with Crippen LogP contribution in [0, 0.1) is 13.8 Å². The molecule has 2 rings (SSSR count). The van der Waals surface area contributed by atoms with Crippen molar-refractivity contribution in [3.63, 3.8) is 0 Å². The third kappa shape index (κ3) is 4.13. The van der Waals surface area contributed by atoms with Crippen LogP contribution < -0.4 is 5.32 Å². The Kier molecular flexibility index (Phi) is 5.71. The van der Waals surface area contributed by atoms with E-state index in [0.717, 1.165) is 31.6 Å². The molecule has 108 valence electrons. The number of aliphatic hydroxyl groups excluding tert-OH is 1. The first-order chi connectivity index (χ1) is 9.70. The van der Waals surface area contributed by atoms with E-state index in [0.29, 0.717) is 0 Å². The molecule has 0 bridgehead atoms. The summed E-state index contributed by atoms with van der Waals surface area (Å²) in [7, 11) is 0. The summed E-state index contributed by atoms with van der Waals surface area (Å²) in [5.41, 5.74) is 3.58. The van der Waals surface area contributed by atoms with Crippen LogP contribution in [0.3, 0.4) is 0 Å². The monoisotopic (exact) mass is 290 g/mol. The Morgan fingerprint density at radius 3 is 2.60 bits per heavy atom. The molecule has 0 aliphatic rings.